The van der Waals surface area contributed by atoms with Crippen LogP contribution in [-0.2, 0) is 0 Å². The quantitative estimate of drug-likeness (QED) is 0.557. The molecule has 1 aliphatic carbocycles. The molecule has 0 heteroatoms. The van der Waals surface area contributed by atoms with Crippen molar-refractivity contribution in [3.8, 4) is 0 Å². The van der Waals surface area contributed by atoms with Crippen LogP contribution in [0.3, 0.4) is 0 Å². The third kappa shape index (κ3) is 4.11. The molecule has 0 amide bonds. The Morgan fingerprint density at radius 2 is 1.69 bits per heavy atom. The van der Waals surface area contributed by atoms with Crippen LogP contribution < -0.4 is 0 Å². The molecule has 5 atom stereocenters. The second-order valence-corrected chi connectivity index (χ2v) is 6.67. The Hall–Kier alpha value is 0. The van der Waals surface area contributed by atoms with E-state index >= 15 is 0 Å². The maximum Gasteiger partial charge on any atom is -0.0360 e. The van der Waals surface area contributed by atoms with E-state index < -0.39 is 0 Å². The first-order valence-corrected chi connectivity index (χ1v) is 7.54. The third-order valence-electron chi connectivity index (χ3n) is 4.81. The van der Waals surface area contributed by atoms with Gasteiger partial charge in [-0.25, -0.2) is 0 Å². The minimum Gasteiger partial charge on any atom is -0.0654 e. The van der Waals surface area contributed by atoms with Gasteiger partial charge in [-0.05, 0) is 42.4 Å². The van der Waals surface area contributed by atoms with E-state index in [1.807, 2.05) is 0 Å². The molecule has 0 aromatic heterocycles. The fourth-order valence-electron chi connectivity index (χ4n) is 3.79. The van der Waals surface area contributed by atoms with Gasteiger partial charge in [0.05, 0.1) is 0 Å². The van der Waals surface area contributed by atoms with E-state index in [2.05, 4.69) is 34.6 Å². The highest BCUT2D eigenvalue weighted by molar-refractivity contribution is 4.82. The standard InChI is InChI=1S/C16H32/c1-6-7-12(2)8-9-14(4)16-11-13(3)10-15(16)5/h12-16H,6-11H2,1-5H3. The van der Waals surface area contributed by atoms with Crippen LogP contribution in [0.1, 0.15) is 73.1 Å². The molecular weight excluding hydrogens is 192 g/mol. The van der Waals surface area contributed by atoms with Gasteiger partial charge in [0.2, 0.25) is 0 Å². The van der Waals surface area contributed by atoms with Gasteiger partial charge >= 0.3 is 0 Å². The van der Waals surface area contributed by atoms with Crippen LogP contribution in [0.5, 0.6) is 0 Å². The monoisotopic (exact) mass is 224 g/mol. The lowest BCUT2D eigenvalue weighted by Gasteiger charge is -2.24. The number of hydrogen-bond donors (Lipinski definition) is 0. The van der Waals surface area contributed by atoms with Crippen molar-refractivity contribution in [2.75, 3.05) is 0 Å². The molecule has 1 fully saturated rings. The van der Waals surface area contributed by atoms with Crippen LogP contribution in [0.15, 0.2) is 0 Å². The highest BCUT2D eigenvalue weighted by atomic mass is 14.4. The van der Waals surface area contributed by atoms with Crippen molar-refractivity contribution >= 4 is 0 Å². The summed E-state index contributed by atoms with van der Waals surface area (Å²) < 4.78 is 0. The molecule has 1 aliphatic rings. The molecule has 0 aliphatic heterocycles. The maximum absolute atomic E-state index is 2.50. The van der Waals surface area contributed by atoms with E-state index in [-0.39, 0.29) is 0 Å². The van der Waals surface area contributed by atoms with E-state index in [0.29, 0.717) is 0 Å². The van der Waals surface area contributed by atoms with Gasteiger partial charge < -0.3 is 0 Å². The number of hydrogen-bond acceptors (Lipinski definition) is 0. The molecule has 1 saturated carbocycles. The summed E-state index contributed by atoms with van der Waals surface area (Å²) in [6.07, 6.45) is 8.65. The first-order chi connectivity index (χ1) is 7.54. The van der Waals surface area contributed by atoms with Gasteiger partial charge in [-0.3, -0.25) is 0 Å². The molecule has 0 saturated heterocycles. The molecule has 0 N–H and O–H groups in total. The Morgan fingerprint density at radius 3 is 2.19 bits per heavy atom. The first-order valence-electron chi connectivity index (χ1n) is 7.54. The van der Waals surface area contributed by atoms with Gasteiger partial charge in [0.1, 0.15) is 0 Å². The normalized spacial score (nSPS) is 33.9. The van der Waals surface area contributed by atoms with Crippen molar-refractivity contribution in [1.82, 2.24) is 0 Å². The first kappa shape index (κ1) is 14.1. The van der Waals surface area contributed by atoms with E-state index in [4.69, 9.17) is 0 Å². The zero-order chi connectivity index (χ0) is 12.1. The predicted octanol–water partition coefficient (Wildman–Crippen LogP) is 5.52. The second kappa shape index (κ2) is 6.67. The van der Waals surface area contributed by atoms with Crippen LogP contribution in [0.25, 0.3) is 0 Å². The summed E-state index contributed by atoms with van der Waals surface area (Å²) in [6.45, 7) is 12.1. The Morgan fingerprint density at radius 1 is 1.00 bits per heavy atom. The summed E-state index contributed by atoms with van der Waals surface area (Å²) in [6, 6.07) is 0. The van der Waals surface area contributed by atoms with Crippen LogP contribution in [0.4, 0.5) is 0 Å². The van der Waals surface area contributed by atoms with Gasteiger partial charge in [-0.15, -0.1) is 0 Å². The third-order valence-corrected chi connectivity index (χ3v) is 4.81. The van der Waals surface area contributed by atoms with Gasteiger partial charge in [0.25, 0.3) is 0 Å². The average Bonchev–Trinajstić information content (AvgIpc) is 2.55. The van der Waals surface area contributed by atoms with Crippen molar-refractivity contribution in [3.63, 3.8) is 0 Å². The topological polar surface area (TPSA) is 0 Å². The summed E-state index contributed by atoms with van der Waals surface area (Å²) in [5, 5.41) is 0. The minimum atomic E-state index is 0.946. The smallest absolute Gasteiger partial charge is 0.0360 e. The van der Waals surface area contributed by atoms with Gasteiger partial charge in [-0.2, -0.15) is 0 Å². The van der Waals surface area contributed by atoms with Crippen LogP contribution in [-0.4, -0.2) is 0 Å². The Bertz CT molecular complexity index is 184. The second-order valence-electron chi connectivity index (χ2n) is 6.67. The molecule has 96 valence electrons. The molecule has 16 heavy (non-hydrogen) atoms. The molecule has 0 aromatic rings. The van der Waals surface area contributed by atoms with Crippen molar-refractivity contribution in [1.29, 1.82) is 0 Å². The predicted molar refractivity (Wildman–Crippen MR) is 73.5 cm³/mol. The van der Waals surface area contributed by atoms with Crippen LogP contribution in [0.2, 0.25) is 0 Å². The fourth-order valence-corrected chi connectivity index (χ4v) is 3.79. The maximum atomic E-state index is 2.50. The molecule has 5 unspecified atom stereocenters. The summed E-state index contributed by atoms with van der Waals surface area (Å²) in [5.74, 6) is 4.88. The van der Waals surface area contributed by atoms with E-state index in [1.165, 1.54) is 38.5 Å². The molecule has 0 radical (unpaired) electrons. The number of rotatable bonds is 6. The average molecular weight is 224 g/mol. The van der Waals surface area contributed by atoms with Crippen molar-refractivity contribution in [3.05, 3.63) is 0 Å². The molecule has 0 bridgehead atoms. The van der Waals surface area contributed by atoms with Crippen molar-refractivity contribution in [2.24, 2.45) is 29.6 Å². The van der Waals surface area contributed by atoms with E-state index in [1.54, 1.807) is 0 Å². The van der Waals surface area contributed by atoms with Gasteiger partial charge in [0.15, 0.2) is 0 Å². The zero-order valence-corrected chi connectivity index (χ0v) is 12.1. The lowest BCUT2D eigenvalue weighted by atomic mass is 9.81. The minimum absolute atomic E-state index is 0.946. The lowest BCUT2D eigenvalue weighted by molar-refractivity contribution is 0.259. The highest BCUT2D eigenvalue weighted by Crippen LogP contribution is 2.41. The molecule has 0 aromatic carbocycles. The highest BCUT2D eigenvalue weighted by Gasteiger charge is 2.32. The summed E-state index contributed by atoms with van der Waals surface area (Å²) in [4.78, 5) is 0. The van der Waals surface area contributed by atoms with Crippen LogP contribution >= 0.6 is 0 Å². The molecule has 0 nitrogen and oxygen atoms in total. The van der Waals surface area contributed by atoms with Gasteiger partial charge in [0, 0.05) is 0 Å². The molecule has 1 rings (SSSR count). The molecular formula is C16H32. The summed E-state index contributed by atoms with van der Waals surface area (Å²) in [5.41, 5.74) is 0. The largest absolute Gasteiger partial charge is 0.0654 e. The SMILES string of the molecule is CCCC(C)CCC(C)C1CC(C)CC1C. The zero-order valence-electron chi connectivity index (χ0n) is 12.1. The Balaban J connectivity index is 2.26. The fraction of sp³-hybridized carbons (Fsp3) is 1.00. The van der Waals surface area contributed by atoms with Crippen LogP contribution in [0, 0.1) is 29.6 Å². The van der Waals surface area contributed by atoms with Gasteiger partial charge in [-0.1, -0.05) is 60.3 Å². The molecule has 0 spiro atoms. The summed E-state index contributed by atoms with van der Waals surface area (Å²) in [7, 11) is 0. The van der Waals surface area contributed by atoms with E-state index in [9.17, 15) is 0 Å². The van der Waals surface area contributed by atoms with E-state index in [0.717, 1.165) is 29.6 Å². The van der Waals surface area contributed by atoms with Crippen molar-refractivity contribution < 1.29 is 0 Å². The molecule has 0 heterocycles. The summed E-state index contributed by atoms with van der Waals surface area (Å²) >= 11 is 0. The Kier molecular flexibility index (Phi) is 5.86. The lowest BCUT2D eigenvalue weighted by Crippen LogP contribution is -2.15. The Labute approximate surface area is 103 Å². The van der Waals surface area contributed by atoms with Crippen molar-refractivity contribution in [2.45, 2.75) is 73.1 Å².